The minimum absolute atomic E-state index is 0.0574. The molecule has 12 nitrogen and oxygen atoms in total. The first-order chi connectivity index (χ1) is 22.3. The normalized spacial score (nSPS) is 16.3. The lowest BCUT2D eigenvalue weighted by atomic mass is 9.93. The number of rotatable bonds is 6. The molecule has 2 aromatic carbocycles. The average Bonchev–Trinajstić information content (AvgIpc) is 3.46. The lowest BCUT2D eigenvalue weighted by Gasteiger charge is -2.34. The molecule has 1 atom stereocenters. The molecule has 0 unspecified atom stereocenters. The molecule has 2 amide bonds. The van der Waals surface area contributed by atoms with Crippen molar-refractivity contribution in [2.45, 2.75) is 39.2 Å². The minimum atomic E-state index is -0.176. The first-order valence-corrected chi connectivity index (χ1v) is 15.4. The fourth-order valence-corrected chi connectivity index (χ4v) is 6.27. The Labute approximate surface area is 266 Å². The molecule has 3 aromatic heterocycles. The summed E-state index contributed by atoms with van der Waals surface area (Å²) in [5.74, 6) is 0.785. The zero-order chi connectivity index (χ0) is 31.8. The van der Waals surface area contributed by atoms with Gasteiger partial charge in [0.1, 0.15) is 0 Å². The van der Waals surface area contributed by atoms with E-state index >= 15 is 0 Å². The number of nitrogens with one attached hydrogen (secondary N) is 1. The van der Waals surface area contributed by atoms with Crippen molar-refractivity contribution in [1.29, 1.82) is 0 Å². The molecular weight excluding hydrogens is 582 g/mol. The molecular formula is C34H35N9O3. The van der Waals surface area contributed by atoms with Crippen LogP contribution in [0.1, 0.15) is 31.5 Å². The second kappa shape index (κ2) is 12.2. The summed E-state index contributed by atoms with van der Waals surface area (Å²) in [6.07, 6.45) is 8.94. The predicted octanol–water partition coefficient (Wildman–Crippen LogP) is 4.14. The summed E-state index contributed by atoms with van der Waals surface area (Å²) in [4.78, 5) is 47.6. The second-order valence-corrected chi connectivity index (χ2v) is 11.8. The smallest absolute Gasteiger partial charge is 0.230 e. The van der Waals surface area contributed by atoms with Gasteiger partial charge in [-0.05, 0) is 60.7 Å². The Bertz CT molecular complexity index is 1930. The largest absolute Gasteiger partial charge is 0.378 e. The number of nitrogens with two attached hydrogens (primary N) is 1. The molecule has 2 aliphatic heterocycles. The summed E-state index contributed by atoms with van der Waals surface area (Å²) in [5, 5.41) is 3.04. The molecule has 0 radical (unpaired) electrons. The van der Waals surface area contributed by atoms with Gasteiger partial charge >= 0.3 is 0 Å². The third kappa shape index (κ3) is 5.86. The van der Waals surface area contributed by atoms with Crippen LogP contribution in [-0.4, -0.2) is 68.5 Å². The van der Waals surface area contributed by atoms with Crippen LogP contribution in [0.2, 0.25) is 0 Å². The first kappa shape index (κ1) is 29.4. The van der Waals surface area contributed by atoms with E-state index in [0.717, 1.165) is 40.8 Å². The van der Waals surface area contributed by atoms with Crippen molar-refractivity contribution in [3.63, 3.8) is 0 Å². The molecule has 0 saturated carbocycles. The van der Waals surface area contributed by atoms with Gasteiger partial charge in [-0.25, -0.2) is 19.9 Å². The molecule has 46 heavy (non-hydrogen) atoms. The molecule has 234 valence electrons. The molecule has 2 aliphatic rings. The maximum absolute atomic E-state index is 13.3. The van der Waals surface area contributed by atoms with Gasteiger partial charge in [0.25, 0.3) is 0 Å². The van der Waals surface area contributed by atoms with Crippen molar-refractivity contribution in [2.75, 3.05) is 47.2 Å². The van der Waals surface area contributed by atoms with E-state index in [2.05, 4.69) is 33.2 Å². The van der Waals surface area contributed by atoms with Crippen LogP contribution in [0.3, 0.4) is 0 Å². The Morgan fingerprint density at radius 1 is 1.00 bits per heavy atom. The van der Waals surface area contributed by atoms with Gasteiger partial charge in [0.15, 0.2) is 11.5 Å². The highest BCUT2D eigenvalue weighted by Crippen LogP contribution is 2.35. The molecule has 0 aliphatic carbocycles. The van der Waals surface area contributed by atoms with Crippen molar-refractivity contribution in [3.8, 4) is 22.4 Å². The van der Waals surface area contributed by atoms with Crippen LogP contribution in [0.4, 0.5) is 23.1 Å². The SMILES string of the molecule is CC(=O)N1c2ccc(-c3cccc(NC(=O)Cc4cn5cc(-c6cnc(N)nc6)nc(N6CCOCC6)c5n4)c3)cc2CC[C@@H]1C. The third-order valence-electron chi connectivity index (χ3n) is 8.52. The van der Waals surface area contributed by atoms with Crippen LogP contribution in [0, 0.1) is 0 Å². The number of hydrogen-bond donors (Lipinski definition) is 2. The highest BCUT2D eigenvalue weighted by molar-refractivity contribution is 5.95. The Balaban J connectivity index is 1.12. The number of morpholine rings is 1. The Morgan fingerprint density at radius 2 is 1.78 bits per heavy atom. The molecule has 7 rings (SSSR count). The van der Waals surface area contributed by atoms with Crippen LogP contribution in [0.15, 0.2) is 67.3 Å². The van der Waals surface area contributed by atoms with Gasteiger partial charge in [-0.1, -0.05) is 18.2 Å². The van der Waals surface area contributed by atoms with Crippen molar-refractivity contribution < 1.29 is 14.3 Å². The van der Waals surface area contributed by atoms with E-state index < -0.39 is 0 Å². The summed E-state index contributed by atoms with van der Waals surface area (Å²) in [5.41, 5.74) is 13.2. The van der Waals surface area contributed by atoms with Gasteiger partial charge in [0.05, 0.1) is 31.0 Å². The van der Waals surface area contributed by atoms with Gasteiger partial charge in [-0.3, -0.25) is 9.59 Å². The van der Waals surface area contributed by atoms with Crippen LogP contribution in [0.5, 0.6) is 0 Å². The number of carbonyl (C=O) groups excluding carboxylic acids is 2. The lowest BCUT2D eigenvalue weighted by Crippen LogP contribution is -2.40. The standard InChI is InChI=1S/C34H35N9O3/c1-21-6-7-25-14-24(8-9-30(25)43(21)22(2)44)23-4-3-5-27(15-23)38-31(45)16-28-19-42-20-29(26-17-36-34(35)37-18-26)40-33(32(42)39-28)41-10-12-46-13-11-41/h3-5,8-9,14-15,17-21H,6-7,10-13,16H2,1-2H3,(H,38,45)(H2,35,36,37)/t21-/m0/s1. The highest BCUT2D eigenvalue weighted by atomic mass is 16.5. The van der Waals surface area contributed by atoms with E-state index in [1.165, 1.54) is 0 Å². The number of amides is 2. The molecule has 12 heteroatoms. The number of nitrogen functional groups attached to an aromatic ring is 1. The molecule has 1 fully saturated rings. The van der Waals surface area contributed by atoms with Gasteiger partial charge in [-0.2, -0.15) is 0 Å². The van der Waals surface area contributed by atoms with Crippen LogP contribution in [0.25, 0.3) is 28.0 Å². The van der Waals surface area contributed by atoms with Crippen molar-refractivity contribution in [3.05, 3.63) is 78.5 Å². The molecule has 0 spiro atoms. The number of imidazole rings is 1. The number of aryl methyl sites for hydroxylation is 1. The van der Waals surface area contributed by atoms with Gasteiger partial charge < -0.3 is 30.0 Å². The van der Waals surface area contributed by atoms with Crippen LogP contribution >= 0.6 is 0 Å². The Morgan fingerprint density at radius 3 is 2.57 bits per heavy atom. The van der Waals surface area contributed by atoms with Crippen molar-refractivity contribution in [1.82, 2.24) is 24.3 Å². The summed E-state index contributed by atoms with van der Waals surface area (Å²) >= 11 is 0. The number of hydrogen-bond acceptors (Lipinski definition) is 9. The summed E-state index contributed by atoms with van der Waals surface area (Å²) in [6.45, 7) is 6.26. The quantitative estimate of drug-likeness (QED) is 0.287. The first-order valence-electron chi connectivity index (χ1n) is 15.4. The maximum Gasteiger partial charge on any atom is 0.230 e. The van der Waals surface area contributed by atoms with E-state index in [-0.39, 0.29) is 30.2 Å². The molecule has 5 aromatic rings. The molecule has 3 N–H and O–H groups in total. The highest BCUT2D eigenvalue weighted by Gasteiger charge is 2.26. The number of anilines is 4. The Hall–Kier alpha value is -5.36. The zero-order valence-corrected chi connectivity index (χ0v) is 25.8. The summed E-state index contributed by atoms with van der Waals surface area (Å²) < 4.78 is 7.46. The van der Waals surface area contributed by atoms with E-state index in [1.54, 1.807) is 19.3 Å². The summed E-state index contributed by atoms with van der Waals surface area (Å²) in [6, 6.07) is 14.2. The van der Waals surface area contributed by atoms with E-state index in [1.807, 2.05) is 58.1 Å². The molecule has 5 heterocycles. The number of carbonyl (C=O) groups is 2. The topological polar surface area (TPSA) is 144 Å². The maximum atomic E-state index is 13.3. The second-order valence-electron chi connectivity index (χ2n) is 11.8. The molecule has 0 bridgehead atoms. The van der Waals surface area contributed by atoms with Gasteiger partial charge in [-0.15, -0.1) is 0 Å². The van der Waals surface area contributed by atoms with Gasteiger partial charge in [0.2, 0.25) is 17.8 Å². The average molecular weight is 618 g/mol. The molecule has 1 saturated heterocycles. The number of ether oxygens (including phenoxy) is 1. The van der Waals surface area contributed by atoms with Crippen LogP contribution in [-0.2, 0) is 27.2 Å². The summed E-state index contributed by atoms with van der Waals surface area (Å²) in [7, 11) is 0. The number of fused-ring (bicyclic) bond motifs is 2. The fourth-order valence-electron chi connectivity index (χ4n) is 6.27. The van der Waals surface area contributed by atoms with Crippen LogP contribution < -0.4 is 20.9 Å². The Kier molecular flexibility index (Phi) is 7.79. The fraction of sp³-hybridized carbons (Fsp3) is 0.294. The number of benzene rings is 2. The minimum Gasteiger partial charge on any atom is -0.378 e. The zero-order valence-electron chi connectivity index (χ0n) is 25.8. The van der Waals surface area contributed by atoms with E-state index in [0.29, 0.717) is 54.8 Å². The van der Waals surface area contributed by atoms with E-state index in [4.69, 9.17) is 20.4 Å². The number of nitrogens with zero attached hydrogens (tertiary/aromatic N) is 7. The van der Waals surface area contributed by atoms with E-state index in [9.17, 15) is 9.59 Å². The predicted molar refractivity (Wildman–Crippen MR) is 177 cm³/mol. The van der Waals surface area contributed by atoms with Crippen molar-refractivity contribution in [2.24, 2.45) is 0 Å². The monoisotopic (exact) mass is 617 g/mol. The van der Waals surface area contributed by atoms with Crippen molar-refractivity contribution >= 4 is 40.6 Å². The lowest BCUT2D eigenvalue weighted by molar-refractivity contribution is -0.117. The third-order valence-corrected chi connectivity index (χ3v) is 8.52. The van der Waals surface area contributed by atoms with Gasteiger partial charge in [0, 0.05) is 67.8 Å². The number of aromatic nitrogens is 5.